The van der Waals surface area contributed by atoms with Crippen molar-refractivity contribution in [1.29, 1.82) is 0 Å². The van der Waals surface area contributed by atoms with E-state index in [-0.39, 0.29) is 18.9 Å². The van der Waals surface area contributed by atoms with Gasteiger partial charge in [-0.15, -0.1) is 0 Å². The highest BCUT2D eigenvalue weighted by Gasteiger charge is 2.23. The van der Waals surface area contributed by atoms with Crippen molar-refractivity contribution in [2.45, 2.75) is 59.3 Å². The molecule has 23 heavy (non-hydrogen) atoms. The summed E-state index contributed by atoms with van der Waals surface area (Å²) in [7, 11) is -3.63. The zero-order valence-electron chi connectivity index (χ0n) is 15.0. The van der Waals surface area contributed by atoms with Crippen LogP contribution < -0.4 is 10.0 Å². The maximum Gasteiger partial charge on any atom is 0.241 e. The molecule has 0 aliphatic carbocycles. The minimum absolute atomic E-state index is 0.0999. The Balaban J connectivity index is 2.96. The number of carbonyl (C=O) groups excluding carboxylic acids is 1. The van der Waals surface area contributed by atoms with E-state index in [1.807, 2.05) is 41.5 Å². The summed E-state index contributed by atoms with van der Waals surface area (Å²) in [5.41, 5.74) is 4.66. The van der Waals surface area contributed by atoms with Crippen LogP contribution in [-0.2, 0) is 14.8 Å². The molecule has 0 unspecified atom stereocenters. The number of hydrogen-bond acceptors (Lipinski definition) is 3. The van der Waals surface area contributed by atoms with E-state index in [9.17, 15) is 13.2 Å². The highest BCUT2D eigenvalue weighted by atomic mass is 32.2. The average Bonchev–Trinajstić information content (AvgIpc) is 2.48. The van der Waals surface area contributed by atoms with Crippen LogP contribution in [0.1, 0.15) is 47.6 Å². The molecule has 0 saturated heterocycles. The van der Waals surface area contributed by atoms with E-state index in [1.54, 1.807) is 0 Å². The van der Waals surface area contributed by atoms with Crippen molar-refractivity contribution in [1.82, 2.24) is 10.0 Å². The van der Waals surface area contributed by atoms with Gasteiger partial charge >= 0.3 is 0 Å². The van der Waals surface area contributed by atoms with Crippen molar-refractivity contribution in [2.24, 2.45) is 0 Å². The van der Waals surface area contributed by atoms with Crippen LogP contribution in [0.25, 0.3) is 0 Å². The topological polar surface area (TPSA) is 75.3 Å². The lowest BCUT2D eigenvalue weighted by Crippen LogP contribution is -2.32. The number of nitrogens with one attached hydrogen (secondary N) is 2. The number of rotatable bonds is 7. The van der Waals surface area contributed by atoms with Crippen LogP contribution in [0.5, 0.6) is 0 Å². The second kappa shape index (κ2) is 7.93. The third-order valence-corrected chi connectivity index (χ3v) is 6.15. The fourth-order valence-corrected chi connectivity index (χ4v) is 4.22. The molecule has 0 saturated carbocycles. The molecule has 0 spiro atoms. The van der Waals surface area contributed by atoms with Crippen molar-refractivity contribution < 1.29 is 13.2 Å². The van der Waals surface area contributed by atoms with Gasteiger partial charge in [0.25, 0.3) is 0 Å². The predicted molar refractivity (Wildman–Crippen MR) is 93.2 cm³/mol. The molecule has 0 aliphatic rings. The first-order valence-electron chi connectivity index (χ1n) is 7.96. The number of hydrogen-bond donors (Lipinski definition) is 2. The lowest BCUT2D eigenvalue weighted by Gasteiger charge is -2.19. The van der Waals surface area contributed by atoms with Crippen molar-refractivity contribution >= 4 is 15.9 Å². The molecule has 0 heterocycles. The van der Waals surface area contributed by atoms with Crippen LogP contribution in [-0.4, -0.2) is 27.4 Å². The van der Waals surface area contributed by atoms with Crippen molar-refractivity contribution in [3.63, 3.8) is 0 Å². The molecule has 1 amide bonds. The normalized spacial score (nSPS) is 11.6. The van der Waals surface area contributed by atoms with Crippen molar-refractivity contribution in [2.75, 3.05) is 13.1 Å². The SMILES string of the molecule is CCCNC(=O)CCNS(=O)(=O)c1c(C)c(C)c(C)c(C)c1C. The second-order valence-corrected chi connectivity index (χ2v) is 7.66. The minimum Gasteiger partial charge on any atom is -0.356 e. The number of carbonyl (C=O) groups is 1. The molecule has 0 radical (unpaired) electrons. The summed E-state index contributed by atoms with van der Waals surface area (Å²) < 4.78 is 27.8. The molecule has 0 bridgehead atoms. The summed E-state index contributed by atoms with van der Waals surface area (Å²) in [6.45, 7) is 12.2. The Morgan fingerprint density at radius 1 is 0.870 bits per heavy atom. The standard InChI is InChI=1S/C17H28N2O3S/c1-7-9-18-16(20)8-10-19-23(21,22)17-14(5)12(3)11(2)13(4)15(17)6/h19H,7-10H2,1-6H3,(H,18,20). The van der Waals surface area contributed by atoms with Gasteiger partial charge in [0.05, 0.1) is 4.90 Å². The Bertz CT molecular complexity index is 665. The van der Waals surface area contributed by atoms with Gasteiger partial charge < -0.3 is 5.32 Å². The summed E-state index contributed by atoms with van der Waals surface area (Å²) in [4.78, 5) is 11.9. The van der Waals surface area contributed by atoms with Crippen LogP contribution >= 0.6 is 0 Å². The highest BCUT2D eigenvalue weighted by molar-refractivity contribution is 7.89. The molecule has 0 aromatic heterocycles. The second-order valence-electron chi connectivity index (χ2n) is 5.95. The van der Waals surface area contributed by atoms with Crippen LogP contribution in [0.4, 0.5) is 0 Å². The van der Waals surface area contributed by atoms with Gasteiger partial charge in [0.15, 0.2) is 0 Å². The average molecular weight is 340 g/mol. The van der Waals surface area contributed by atoms with Crippen LogP contribution in [0.15, 0.2) is 4.90 Å². The molecule has 1 rings (SSSR count). The number of amides is 1. The number of benzene rings is 1. The third kappa shape index (κ3) is 4.54. The first kappa shape index (κ1) is 19.6. The van der Waals surface area contributed by atoms with Gasteiger partial charge in [-0.1, -0.05) is 6.92 Å². The van der Waals surface area contributed by atoms with Crippen LogP contribution in [0.3, 0.4) is 0 Å². The quantitative estimate of drug-likeness (QED) is 0.800. The lowest BCUT2D eigenvalue weighted by atomic mass is 9.95. The molecule has 0 aliphatic heterocycles. The molecular formula is C17H28N2O3S. The highest BCUT2D eigenvalue weighted by Crippen LogP contribution is 2.29. The molecule has 6 heteroatoms. The summed E-state index contributed by atoms with van der Waals surface area (Å²) in [6.07, 6.45) is 0.999. The van der Waals surface area contributed by atoms with Gasteiger partial charge in [0, 0.05) is 19.5 Å². The third-order valence-electron chi connectivity index (χ3n) is 4.42. The van der Waals surface area contributed by atoms with Gasteiger partial charge in [-0.05, 0) is 68.9 Å². The molecule has 5 nitrogen and oxygen atoms in total. The lowest BCUT2D eigenvalue weighted by molar-refractivity contribution is -0.120. The minimum atomic E-state index is -3.63. The Morgan fingerprint density at radius 2 is 1.35 bits per heavy atom. The van der Waals surface area contributed by atoms with E-state index in [2.05, 4.69) is 10.0 Å². The summed E-state index contributed by atoms with van der Waals surface area (Å²) in [5.74, 6) is -0.140. The van der Waals surface area contributed by atoms with Gasteiger partial charge in [0.1, 0.15) is 0 Å². The molecule has 2 N–H and O–H groups in total. The molecule has 130 valence electrons. The van der Waals surface area contributed by atoms with Crippen LogP contribution in [0.2, 0.25) is 0 Å². The smallest absolute Gasteiger partial charge is 0.241 e. The van der Waals surface area contributed by atoms with Crippen molar-refractivity contribution in [3.8, 4) is 0 Å². The fraction of sp³-hybridized carbons (Fsp3) is 0.588. The Kier molecular flexibility index (Phi) is 6.77. The Hall–Kier alpha value is -1.40. The van der Waals surface area contributed by atoms with E-state index in [4.69, 9.17) is 0 Å². The first-order valence-corrected chi connectivity index (χ1v) is 9.45. The van der Waals surface area contributed by atoms with E-state index in [1.165, 1.54) is 0 Å². The van der Waals surface area contributed by atoms with E-state index >= 15 is 0 Å². The van der Waals surface area contributed by atoms with Gasteiger partial charge in [-0.3, -0.25) is 4.79 Å². The van der Waals surface area contributed by atoms with Gasteiger partial charge in [-0.25, -0.2) is 13.1 Å². The first-order chi connectivity index (χ1) is 10.6. The maximum atomic E-state index is 12.6. The largest absolute Gasteiger partial charge is 0.356 e. The molecule has 0 fully saturated rings. The zero-order chi connectivity index (χ0) is 17.8. The molecule has 1 aromatic carbocycles. The zero-order valence-corrected chi connectivity index (χ0v) is 15.8. The maximum absolute atomic E-state index is 12.6. The monoisotopic (exact) mass is 340 g/mol. The van der Waals surface area contributed by atoms with Gasteiger partial charge in [-0.2, -0.15) is 0 Å². The molecule has 1 aromatic rings. The van der Waals surface area contributed by atoms with E-state index in [0.29, 0.717) is 11.4 Å². The fourth-order valence-electron chi connectivity index (χ4n) is 2.59. The van der Waals surface area contributed by atoms with Crippen molar-refractivity contribution in [3.05, 3.63) is 27.8 Å². The van der Waals surface area contributed by atoms with Gasteiger partial charge in [0.2, 0.25) is 15.9 Å². The van der Waals surface area contributed by atoms with E-state index < -0.39 is 10.0 Å². The summed E-state index contributed by atoms with van der Waals surface area (Å²) in [5, 5.41) is 2.73. The number of sulfonamides is 1. The molecular weight excluding hydrogens is 312 g/mol. The molecule has 0 atom stereocenters. The summed E-state index contributed by atoms with van der Waals surface area (Å²) in [6, 6.07) is 0. The predicted octanol–water partition coefficient (Wildman–Crippen LogP) is 2.42. The Labute approximate surface area is 139 Å². The van der Waals surface area contributed by atoms with Crippen LogP contribution in [0, 0.1) is 34.6 Å². The Morgan fingerprint density at radius 3 is 1.83 bits per heavy atom. The summed E-state index contributed by atoms with van der Waals surface area (Å²) >= 11 is 0. The van der Waals surface area contributed by atoms with E-state index in [0.717, 1.165) is 34.2 Å².